The van der Waals surface area contributed by atoms with Crippen molar-refractivity contribution in [1.82, 2.24) is 9.80 Å². The third-order valence-corrected chi connectivity index (χ3v) is 5.96. The molecular weight excluding hydrogens is 390 g/mol. The lowest BCUT2D eigenvalue weighted by molar-refractivity contribution is -0.117. The number of benzene rings is 2. The summed E-state index contributed by atoms with van der Waals surface area (Å²) in [4.78, 5) is 29.1. The van der Waals surface area contributed by atoms with Crippen molar-refractivity contribution in [3.05, 3.63) is 75.1 Å². The number of anilines is 1. The number of fused-ring (bicyclic) bond motifs is 1. The Hall–Kier alpha value is -2.96. The monoisotopic (exact) mass is 419 g/mol. The number of carbonyl (C=O) groups is 1. The lowest BCUT2D eigenvalue weighted by atomic mass is 10.1. The molecule has 0 unspecified atom stereocenters. The number of piperazine rings is 1. The van der Waals surface area contributed by atoms with E-state index in [4.69, 9.17) is 4.42 Å². The quantitative estimate of drug-likeness (QED) is 0.642. The maximum atomic E-state index is 12.6. The average molecular weight is 420 g/mol. The van der Waals surface area contributed by atoms with E-state index in [2.05, 4.69) is 15.1 Å². The second-order valence-electron chi connectivity index (χ2n) is 8.46. The summed E-state index contributed by atoms with van der Waals surface area (Å²) in [5, 5.41) is 4.06. The highest BCUT2D eigenvalue weighted by molar-refractivity contribution is 5.93. The van der Waals surface area contributed by atoms with Gasteiger partial charge in [0.25, 0.3) is 0 Å². The molecule has 0 spiro atoms. The zero-order valence-corrected chi connectivity index (χ0v) is 18.4. The Morgan fingerprint density at radius 1 is 0.968 bits per heavy atom. The number of hydrogen-bond donors (Lipinski definition) is 1. The van der Waals surface area contributed by atoms with Gasteiger partial charge in [0.05, 0.1) is 6.54 Å². The molecule has 1 aliphatic rings. The van der Waals surface area contributed by atoms with Gasteiger partial charge in [0.2, 0.25) is 5.91 Å². The molecule has 2 aromatic carbocycles. The molecule has 1 saturated heterocycles. The molecule has 1 aliphatic heterocycles. The van der Waals surface area contributed by atoms with Gasteiger partial charge in [-0.25, -0.2) is 4.79 Å². The van der Waals surface area contributed by atoms with E-state index in [0.717, 1.165) is 59.5 Å². The fourth-order valence-electron chi connectivity index (χ4n) is 4.21. The predicted octanol–water partition coefficient (Wildman–Crippen LogP) is 3.47. The van der Waals surface area contributed by atoms with Gasteiger partial charge in [-0.05, 0) is 49.1 Å². The number of amides is 1. The molecule has 0 atom stereocenters. The van der Waals surface area contributed by atoms with Gasteiger partial charge in [-0.3, -0.25) is 14.6 Å². The van der Waals surface area contributed by atoms with Gasteiger partial charge in [-0.2, -0.15) is 0 Å². The van der Waals surface area contributed by atoms with Crippen LogP contribution in [0, 0.1) is 20.8 Å². The van der Waals surface area contributed by atoms with Crippen LogP contribution in [0.5, 0.6) is 0 Å². The van der Waals surface area contributed by atoms with Crippen LogP contribution >= 0.6 is 0 Å². The second kappa shape index (κ2) is 9.04. The summed E-state index contributed by atoms with van der Waals surface area (Å²) in [6.07, 6.45) is 0. The summed E-state index contributed by atoms with van der Waals surface area (Å²) in [5.74, 6) is 0.0212. The molecular formula is C25H29N3O3. The number of rotatable bonds is 5. The third kappa shape index (κ3) is 5.03. The van der Waals surface area contributed by atoms with Crippen molar-refractivity contribution in [1.29, 1.82) is 0 Å². The highest BCUT2D eigenvalue weighted by Gasteiger charge is 2.20. The Bertz CT molecular complexity index is 1140. The summed E-state index contributed by atoms with van der Waals surface area (Å²) in [6, 6.07) is 13.6. The Morgan fingerprint density at radius 2 is 1.65 bits per heavy atom. The first kappa shape index (κ1) is 21.3. The number of nitrogens with zero attached hydrogens (tertiary/aromatic N) is 2. The van der Waals surface area contributed by atoms with Gasteiger partial charge in [-0.1, -0.05) is 30.3 Å². The zero-order chi connectivity index (χ0) is 22.0. The molecule has 0 bridgehead atoms. The fraction of sp³-hybridized carbons (Fsp3) is 0.360. The first-order chi connectivity index (χ1) is 14.9. The van der Waals surface area contributed by atoms with E-state index in [1.165, 1.54) is 0 Å². The smallest absolute Gasteiger partial charge is 0.336 e. The van der Waals surface area contributed by atoms with Crippen LogP contribution in [0.25, 0.3) is 11.0 Å². The highest BCUT2D eigenvalue weighted by Crippen LogP contribution is 2.21. The summed E-state index contributed by atoms with van der Waals surface area (Å²) >= 11 is 0. The largest absolute Gasteiger partial charge is 0.423 e. The molecule has 1 aromatic heterocycles. The van der Waals surface area contributed by atoms with Crippen LogP contribution in [0.2, 0.25) is 0 Å². The summed E-state index contributed by atoms with van der Waals surface area (Å²) in [5.41, 5.74) is 5.46. The van der Waals surface area contributed by atoms with E-state index < -0.39 is 0 Å². The molecule has 3 aromatic rings. The fourth-order valence-corrected chi connectivity index (χ4v) is 4.21. The van der Waals surface area contributed by atoms with E-state index in [1.807, 2.05) is 57.2 Å². The molecule has 0 radical (unpaired) electrons. The predicted molar refractivity (Wildman–Crippen MR) is 123 cm³/mol. The van der Waals surface area contributed by atoms with Gasteiger partial charge in [-0.15, -0.1) is 0 Å². The standard InChI is InChI=1S/C25H29N3O3/c1-17-7-8-21-20(14-24(30)31-22(21)13-17)15-27-9-11-28(12-10-27)16-23(29)26-25-18(2)5-4-6-19(25)3/h4-8,13-14H,9-12,15-16H2,1-3H3,(H,26,29). The molecule has 2 heterocycles. The van der Waals surface area contributed by atoms with Crippen molar-refractivity contribution >= 4 is 22.6 Å². The number of carbonyl (C=O) groups excluding carboxylic acids is 1. The number of nitrogens with one attached hydrogen (secondary N) is 1. The van der Waals surface area contributed by atoms with Crippen LogP contribution in [0.1, 0.15) is 22.3 Å². The van der Waals surface area contributed by atoms with E-state index in [9.17, 15) is 9.59 Å². The Balaban J connectivity index is 1.35. The molecule has 0 aliphatic carbocycles. The van der Waals surface area contributed by atoms with Crippen LogP contribution in [0.4, 0.5) is 5.69 Å². The van der Waals surface area contributed by atoms with Gasteiger partial charge < -0.3 is 9.73 Å². The highest BCUT2D eigenvalue weighted by atomic mass is 16.4. The third-order valence-electron chi connectivity index (χ3n) is 5.96. The lowest BCUT2D eigenvalue weighted by Crippen LogP contribution is -2.48. The lowest BCUT2D eigenvalue weighted by Gasteiger charge is -2.34. The Labute approximate surface area is 182 Å². The van der Waals surface area contributed by atoms with Crippen LogP contribution in [-0.2, 0) is 11.3 Å². The number of hydrogen-bond acceptors (Lipinski definition) is 5. The van der Waals surface area contributed by atoms with Crippen molar-refractivity contribution in [2.45, 2.75) is 27.3 Å². The first-order valence-electron chi connectivity index (χ1n) is 10.7. The van der Waals surface area contributed by atoms with Gasteiger partial charge >= 0.3 is 5.63 Å². The Kier molecular flexibility index (Phi) is 6.20. The maximum Gasteiger partial charge on any atom is 0.336 e. The molecule has 4 rings (SSSR count). The topological polar surface area (TPSA) is 65.8 Å². The van der Waals surface area contributed by atoms with Crippen molar-refractivity contribution < 1.29 is 9.21 Å². The van der Waals surface area contributed by atoms with E-state index in [0.29, 0.717) is 18.7 Å². The van der Waals surface area contributed by atoms with Crippen LogP contribution in [-0.4, -0.2) is 48.4 Å². The van der Waals surface area contributed by atoms with Crippen molar-refractivity contribution in [3.63, 3.8) is 0 Å². The van der Waals surface area contributed by atoms with Crippen LogP contribution in [0.3, 0.4) is 0 Å². The van der Waals surface area contributed by atoms with Gasteiger partial charge in [0.1, 0.15) is 5.58 Å². The number of aryl methyl sites for hydroxylation is 3. The van der Waals surface area contributed by atoms with E-state index in [1.54, 1.807) is 6.07 Å². The summed E-state index contributed by atoms with van der Waals surface area (Å²) in [6.45, 7) is 10.4. The number of para-hydroxylation sites is 1. The van der Waals surface area contributed by atoms with E-state index >= 15 is 0 Å². The van der Waals surface area contributed by atoms with Gasteiger partial charge in [0.15, 0.2) is 0 Å². The molecule has 6 nitrogen and oxygen atoms in total. The minimum absolute atomic E-state index is 0.0212. The normalized spacial score (nSPS) is 15.3. The first-order valence-corrected chi connectivity index (χ1v) is 10.7. The molecule has 162 valence electrons. The minimum atomic E-state index is -0.310. The SMILES string of the molecule is Cc1ccc2c(CN3CCN(CC(=O)Nc4c(C)cccc4C)CC3)cc(=O)oc2c1. The second-order valence-corrected chi connectivity index (χ2v) is 8.46. The zero-order valence-electron chi connectivity index (χ0n) is 18.4. The molecule has 0 saturated carbocycles. The molecule has 1 fully saturated rings. The Morgan fingerprint density at radius 3 is 2.35 bits per heavy atom. The van der Waals surface area contributed by atoms with Crippen LogP contribution < -0.4 is 10.9 Å². The summed E-state index contributed by atoms with van der Waals surface area (Å²) < 4.78 is 5.37. The van der Waals surface area contributed by atoms with Crippen LogP contribution in [0.15, 0.2) is 51.7 Å². The molecule has 1 amide bonds. The minimum Gasteiger partial charge on any atom is -0.423 e. The van der Waals surface area contributed by atoms with Gasteiger partial charge in [0, 0.05) is 49.9 Å². The van der Waals surface area contributed by atoms with E-state index in [-0.39, 0.29) is 11.5 Å². The molecule has 31 heavy (non-hydrogen) atoms. The van der Waals surface area contributed by atoms with Crippen molar-refractivity contribution in [2.24, 2.45) is 0 Å². The summed E-state index contributed by atoms with van der Waals surface area (Å²) in [7, 11) is 0. The molecule has 6 heteroatoms. The molecule has 1 N–H and O–H groups in total. The van der Waals surface area contributed by atoms with Crippen molar-refractivity contribution in [3.8, 4) is 0 Å². The van der Waals surface area contributed by atoms with Crippen molar-refractivity contribution in [2.75, 3.05) is 38.0 Å². The maximum absolute atomic E-state index is 12.6. The average Bonchev–Trinajstić information content (AvgIpc) is 2.72.